The predicted octanol–water partition coefficient (Wildman–Crippen LogP) is 2.73. The van der Waals surface area contributed by atoms with Gasteiger partial charge in [-0.3, -0.25) is 4.90 Å². The van der Waals surface area contributed by atoms with E-state index in [1.54, 1.807) is 0 Å². The van der Waals surface area contributed by atoms with Gasteiger partial charge >= 0.3 is 0 Å². The first-order chi connectivity index (χ1) is 12.8. The summed E-state index contributed by atoms with van der Waals surface area (Å²) in [4.78, 5) is 14.8. The molecule has 0 amide bonds. The molecular formula is C21H28N4O. The molecule has 5 rings (SSSR count). The first kappa shape index (κ1) is 16.5. The summed E-state index contributed by atoms with van der Waals surface area (Å²) >= 11 is 0. The molecule has 2 aromatic rings. The Balaban J connectivity index is 1.35. The van der Waals surface area contributed by atoms with Crippen molar-refractivity contribution in [3.05, 3.63) is 29.0 Å². The van der Waals surface area contributed by atoms with Crippen molar-refractivity contribution in [2.24, 2.45) is 0 Å². The molecule has 3 heterocycles. The SMILES string of the molecule is Cc1nc(N2CCC(N3CCOCC3)CC2)nc2cc3c(cc12)CCC3. The normalized spacial score (nSPS) is 22.1. The average Bonchev–Trinajstić information content (AvgIpc) is 3.15. The van der Waals surface area contributed by atoms with Gasteiger partial charge in [-0.2, -0.15) is 0 Å². The van der Waals surface area contributed by atoms with Gasteiger partial charge in [-0.05, 0) is 62.3 Å². The highest BCUT2D eigenvalue weighted by atomic mass is 16.5. The molecule has 2 fully saturated rings. The number of hydrogen-bond donors (Lipinski definition) is 0. The van der Waals surface area contributed by atoms with Crippen LogP contribution in [-0.2, 0) is 17.6 Å². The lowest BCUT2D eigenvalue weighted by atomic mass is 10.0. The molecular weight excluding hydrogens is 324 g/mol. The standard InChI is InChI=1S/C21H28N4O/c1-15-19-13-16-3-2-4-17(16)14-20(19)23-21(22-15)25-7-5-18(6-8-25)24-9-11-26-12-10-24/h13-14,18H,2-12H2,1H3. The topological polar surface area (TPSA) is 41.5 Å². The van der Waals surface area contributed by atoms with E-state index in [2.05, 4.69) is 28.9 Å². The molecule has 0 saturated carbocycles. The van der Waals surface area contributed by atoms with E-state index in [9.17, 15) is 0 Å². The third kappa shape index (κ3) is 2.97. The van der Waals surface area contributed by atoms with E-state index in [0.29, 0.717) is 6.04 Å². The van der Waals surface area contributed by atoms with Crippen LogP contribution < -0.4 is 4.90 Å². The van der Waals surface area contributed by atoms with Gasteiger partial charge in [-0.15, -0.1) is 0 Å². The van der Waals surface area contributed by atoms with Crippen LogP contribution in [0.5, 0.6) is 0 Å². The summed E-state index contributed by atoms with van der Waals surface area (Å²) in [5.41, 5.74) is 5.24. The van der Waals surface area contributed by atoms with Crippen LogP contribution in [0.1, 0.15) is 36.1 Å². The van der Waals surface area contributed by atoms with Crippen molar-refractivity contribution in [3.8, 4) is 0 Å². The van der Waals surface area contributed by atoms with Crippen LogP contribution in [0.3, 0.4) is 0 Å². The summed E-state index contributed by atoms with van der Waals surface area (Å²) in [6.07, 6.45) is 6.09. The van der Waals surface area contributed by atoms with Crippen LogP contribution in [0.4, 0.5) is 5.95 Å². The lowest BCUT2D eigenvalue weighted by Gasteiger charge is -2.40. The Hall–Kier alpha value is -1.72. The van der Waals surface area contributed by atoms with Crippen molar-refractivity contribution >= 4 is 16.9 Å². The first-order valence-corrected chi connectivity index (χ1v) is 10.1. The lowest BCUT2D eigenvalue weighted by molar-refractivity contribution is 0.0114. The predicted molar refractivity (Wildman–Crippen MR) is 104 cm³/mol. The second kappa shape index (κ2) is 6.78. The fraction of sp³-hybridized carbons (Fsp3) is 0.619. The van der Waals surface area contributed by atoms with E-state index >= 15 is 0 Å². The molecule has 0 bridgehead atoms. The summed E-state index contributed by atoms with van der Waals surface area (Å²) in [7, 11) is 0. The highest BCUT2D eigenvalue weighted by Gasteiger charge is 2.27. The Kier molecular flexibility index (Phi) is 4.29. The van der Waals surface area contributed by atoms with Crippen LogP contribution in [0.25, 0.3) is 10.9 Å². The smallest absolute Gasteiger partial charge is 0.226 e. The quantitative estimate of drug-likeness (QED) is 0.831. The number of anilines is 1. The third-order valence-electron chi connectivity index (χ3n) is 6.40. The zero-order valence-electron chi connectivity index (χ0n) is 15.7. The third-order valence-corrected chi connectivity index (χ3v) is 6.40. The number of aryl methyl sites for hydroxylation is 3. The maximum absolute atomic E-state index is 5.49. The molecule has 138 valence electrons. The van der Waals surface area contributed by atoms with Crippen molar-refractivity contribution in [1.82, 2.24) is 14.9 Å². The summed E-state index contributed by atoms with van der Waals surface area (Å²) in [6, 6.07) is 5.34. The summed E-state index contributed by atoms with van der Waals surface area (Å²) in [5, 5.41) is 1.23. The van der Waals surface area contributed by atoms with Gasteiger partial charge in [0.25, 0.3) is 0 Å². The number of rotatable bonds is 2. The molecule has 0 atom stereocenters. The molecule has 0 spiro atoms. The van der Waals surface area contributed by atoms with E-state index in [-0.39, 0.29) is 0 Å². The van der Waals surface area contributed by atoms with Gasteiger partial charge in [-0.1, -0.05) is 0 Å². The minimum atomic E-state index is 0.694. The Morgan fingerprint density at radius 1 is 0.962 bits per heavy atom. The number of piperidine rings is 1. The monoisotopic (exact) mass is 352 g/mol. The summed E-state index contributed by atoms with van der Waals surface area (Å²) in [5.74, 6) is 0.924. The lowest BCUT2D eigenvalue weighted by Crippen LogP contribution is -2.49. The number of morpholine rings is 1. The van der Waals surface area contributed by atoms with Gasteiger partial charge in [0, 0.05) is 37.6 Å². The van der Waals surface area contributed by atoms with Crippen LogP contribution in [-0.4, -0.2) is 60.3 Å². The Morgan fingerprint density at radius 3 is 2.46 bits per heavy atom. The average molecular weight is 352 g/mol. The highest BCUT2D eigenvalue weighted by Crippen LogP contribution is 2.29. The highest BCUT2D eigenvalue weighted by molar-refractivity contribution is 5.84. The number of fused-ring (bicyclic) bond motifs is 2. The summed E-state index contributed by atoms with van der Waals surface area (Å²) < 4.78 is 5.49. The number of nitrogens with zero attached hydrogens (tertiary/aromatic N) is 4. The zero-order valence-corrected chi connectivity index (χ0v) is 15.7. The van der Waals surface area contributed by atoms with Crippen molar-refractivity contribution < 1.29 is 4.74 Å². The van der Waals surface area contributed by atoms with E-state index < -0.39 is 0 Å². The molecule has 3 aliphatic rings. The first-order valence-electron chi connectivity index (χ1n) is 10.1. The molecule has 1 aromatic heterocycles. The number of ether oxygens (including phenoxy) is 1. The molecule has 1 aromatic carbocycles. The molecule has 5 nitrogen and oxygen atoms in total. The van der Waals surface area contributed by atoms with Crippen LogP contribution in [0.2, 0.25) is 0 Å². The minimum Gasteiger partial charge on any atom is -0.379 e. The van der Waals surface area contributed by atoms with Gasteiger partial charge in [0.2, 0.25) is 5.95 Å². The van der Waals surface area contributed by atoms with E-state index in [4.69, 9.17) is 14.7 Å². The van der Waals surface area contributed by atoms with Gasteiger partial charge in [-0.25, -0.2) is 9.97 Å². The molecule has 0 radical (unpaired) electrons. The fourth-order valence-electron chi connectivity index (χ4n) is 4.85. The Labute approximate surface area is 155 Å². The fourth-order valence-corrected chi connectivity index (χ4v) is 4.85. The second-order valence-corrected chi connectivity index (χ2v) is 7.97. The second-order valence-electron chi connectivity index (χ2n) is 7.97. The maximum atomic E-state index is 5.49. The van der Waals surface area contributed by atoms with Gasteiger partial charge in [0.1, 0.15) is 0 Å². The van der Waals surface area contributed by atoms with Crippen molar-refractivity contribution in [2.45, 2.75) is 45.1 Å². The molecule has 0 N–H and O–H groups in total. The molecule has 2 saturated heterocycles. The van der Waals surface area contributed by atoms with E-state index in [0.717, 1.165) is 56.6 Å². The number of benzene rings is 1. The van der Waals surface area contributed by atoms with Crippen LogP contribution in [0, 0.1) is 6.92 Å². The zero-order chi connectivity index (χ0) is 17.5. The minimum absolute atomic E-state index is 0.694. The van der Waals surface area contributed by atoms with Crippen LogP contribution in [0.15, 0.2) is 12.1 Å². The van der Waals surface area contributed by atoms with Crippen molar-refractivity contribution in [1.29, 1.82) is 0 Å². The van der Waals surface area contributed by atoms with Gasteiger partial charge in [0.15, 0.2) is 0 Å². The number of aromatic nitrogens is 2. The molecule has 26 heavy (non-hydrogen) atoms. The van der Waals surface area contributed by atoms with Gasteiger partial charge < -0.3 is 9.64 Å². The maximum Gasteiger partial charge on any atom is 0.226 e. The molecule has 0 unspecified atom stereocenters. The largest absolute Gasteiger partial charge is 0.379 e. The van der Waals surface area contributed by atoms with Gasteiger partial charge in [0.05, 0.1) is 24.4 Å². The van der Waals surface area contributed by atoms with Crippen molar-refractivity contribution in [2.75, 3.05) is 44.3 Å². The van der Waals surface area contributed by atoms with E-state index in [1.807, 2.05) is 0 Å². The molecule has 2 aliphatic heterocycles. The Bertz CT molecular complexity index is 807. The number of hydrogen-bond acceptors (Lipinski definition) is 5. The summed E-state index contributed by atoms with van der Waals surface area (Å²) in [6.45, 7) is 8.18. The molecule has 5 heteroatoms. The van der Waals surface area contributed by atoms with E-state index in [1.165, 1.54) is 48.6 Å². The molecule has 1 aliphatic carbocycles. The Morgan fingerprint density at radius 2 is 1.69 bits per heavy atom. The van der Waals surface area contributed by atoms with Crippen molar-refractivity contribution in [3.63, 3.8) is 0 Å². The van der Waals surface area contributed by atoms with Crippen LogP contribution >= 0.6 is 0 Å².